The molecule has 0 bridgehead atoms. The van der Waals surface area contributed by atoms with Gasteiger partial charge in [0.1, 0.15) is 5.82 Å². The van der Waals surface area contributed by atoms with Gasteiger partial charge >= 0.3 is 0 Å². The number of rotatable bonds is 6. The molecule has 0 unspecified atom stereocenters. The maximum absolute atomic E-state index is 4.21. The van der Waals surface area contributed by atoms with E-state index in [1.165, 1.54) is 15.3 Å². The summed E-state index contributed by atoms with van der Waals surface area (Å²) in [6, 6.07) is 2.28. The summed E-state index contributed by atoms with van der Waals surface area (Å²) in [6.45, 7) is 6.37. The Balaban J connectivity index is 1.65. The molecule has 0 amide bonds. The predicted molar refractivity (Wildman–Crippen MR) is 72.4 cm³/mol. The van der Waals surface area contributed by atoms with Crippen LogP contribution >= 0.6 is 11.3 Å². The molecule has 2 N–H and O–H groups in total. The molecule has 3 nitrogen and oxygen atoms in total. The zero-order chi connectivity index (χ0) is 12.1. The van der Waals surface area contributed by atoms with Crippen LogP contribution < -0.4 is 5.32 Å². The smallest absolute Gasteiger partial charge is 0.106 e. The van der Waals surface area contributed by atoms with Crippen molar-refractivity contribution in [3.05, 3.63) is 39.6 Å². The van der Waals surface area contributed by atoms with Crippen molar-refractivity contribution in [1.82, 2.24) is 15.3 Å². The van der Waals surface area contributed by atoms with Crippen molar-refractivity contribution in [3.63, 3.8) is 0 Å². The van der Waals surface area contributed by atoms with Crippen molar-refractivity contribution in [2.75, 3.05) is 6.54 Å². The first kappa shape index (κ1) is 12.3. The van der Waals surface area contributed by atoms with Crippen molar-refractivity contribution in [2.45, 2.75) is 33.2 Å². The highest BCUT2D eigenvalue weighted by molar-refractivity contribution is 7.12. The lowest BCUT2D eigenvalue weighted by atomic mass is 10.2. The first-order chi connectivity index (χ1) is 8.25. The van der Waals surface area contributed by atoms with Gasteiger partial charge in [-0.25, -0.2) is 4.98 Å². The summed E-state index contributed by atoms with van der Waals surface area (Å²) in [5, 5.41) is 3.48. The summed E-state index contributed by atoms with van der Waals surface area (Å²) in [4.78, 5) is 10.2. The van der Waals surface area contributed by atoms with E-state index in [1.54, 1.807) is 6.20 Å². The minimum Gasteiger partial charge on any atom is -0.349 e. The lowest BCUT2D eigenvalue weighted by molar-refractivity contribution is 0.640. The number of aryl methyl sites for hydroxylation is 3. The molecule has 0 atom stereocenters. The standard InChI is InChI=1S/C13H19N3S/c1-10-8-12(11(2)17-10)9-14-5-3-4-13-15-6-7-16-13/h6-8,14H,3-5,9H2,1-2H3,(H,15,16). The van der Waals surface area contributed by atoms with Gasteiger partial charge in [0.25, 0.3) is 0 Å². The molecule has 92 valence electrons. The molecule has 4 heteroatoms. The molecular formula is C13H19N3S. The van der Waals surface area contributed by atoms with Crippen molar-refractivity contribution >= 4 is 11.3 Å². The van der Waals surface area contributed by atoms with E-state index in [-0.39, 0.29) is 0 Å². The molecule has 0 radical (unpaired) electrons. The molecular weight excluding hydrogens is 230 g/mol. The fraction of sp³-hybridized carbons (Fsp3) is 0.462. The molecule has 2 rings (SSSR count). The maximum Gasteiger partial charge on any atom is 0.106 e. The van der Waals surface area contributed by atoms with Gasteiger partial charge in [-0.15, -0.1) is 11.3 Å². The SMILES string of the molecule is Cc1cc(CNCCCc2ncc[nH]2)c(C)s1. The van der Waals surface area contributed by atoms with E-state index in [0.29, 0.717) is 0 Å². The van der Waals surface area contributed by atoms with E-state index < -0.39 is 0 Å². The minimum absolute atomic E-state index is 0.980. The molecule has 2 aromatic heterocycles. The van der Waals surface area contributed by atoms with Crippen LogP contribution in [0.1, 0.15) is 27.6 Å². The van der Waals surface area contributed by atoms with Gasteiger partial charge in [0, 0.05) is 35.1 Å². The number of thiophene rings is 1. The monoisotopic (exact) mass is 249 g/mol. The Labute approximate surface area is 106 Å². The van der Waals surface area contributed by atoms with Crippen LogP contribution in [0.5, 0.6) is 0 Å². The molecule has 0 fully saturated rings. The number of aromatic amines is 1. The molecule has 17 heavy (non-hydrogen) atoms. The summed E-state index contributed by atoms with van der Waals surface area (Å²) >= 11 is 1.88. The van der Waals surface area contributed by atoms with Gasteiger partial charge in [0.2, 0.25) is 0 Å². The number of hydrogen-bond donors (Lipinski definition) is 2. The molecule has 0 aliphatic carbocycles. The molecule has 0 spiro atoms. The first-order valence-electron chi connectivity index (χ1n) is 6.00. The highest BCUT2D eigenvalue weighted by atomic mass is 32.1. The van der Waals surface area contributed by atoms with Crippen molar-refractivity contribution in [2.24, 2.45) is 0 Å². The van der Waals surface area contributed by atoms with Gasteiger partial charge in [-0.3, -0.25) is 0 Å². The molecule has 0 aliphatic rings. The third-order valence-corrected chi connectivity index (χ3v) is 3.79. The average Bonchev–Trinajstić information content (AvgIpc) is 2.89. The third kappa shape index (κ3) is 3.68. The zero-order valence-electron chi connectivity index (χ0n) is 10.4. The summed E-state index contributed by atoms with van der Waals surface area (Å²) in [7, 11) is 0. The average molecular weight is 249 g/mol. The van der Waals surface area contributed by atoms with Crippen LogP contribution in [-0.2, 0) is 13.0 Å². The Bertz CT molecular complexity index is 445. The Morgan fingerprint density at radius 2 is 2.29 bits per heavy atom. The number of H-pyrrole nitrogens is 1. The Kier molecular flexibility index (Phi) is 4.34. The number of imidazole rings is 1. The Morgan fingerprint density at radius 3 is 2.94 bits per heavy atom. The van der Waals surface area contributed by atoms with Crippen molar-refractivity contribution in [3.8, 4) is 0 Å². The van der Waals surface area contributed by atoms with Crippen LogP contribution in [0, 0.1) is 13.8 Å². The van der Waals surface area contributed by atoms with Crippen LogP contribution in [0.2, 0.25) is 0 Å². The van der Waals surface area contributed by atoms with Crippen LogP contribution in [0.4, 0.5) is 0 Å². The molecule has 2 heterocycles. The minimum atomic E-state index is 0.980. The van der Waals surface area contributed by atoms with Gasteiger partial charge in [0.05, 0.1) is 0 Å². The molecule has 0 saturated carbocycles. The lowest BCUT2D eigenvalue weighted by Crippen LogP contribution is -2.15. The Hall–Kier alpha value is -1.13. The summed E-state index contributed by atoms with van der Waals surface area (Å²) in [5.41, 5.74) is 1.44. The number of hydrogen-bond acceptors (Lipinski definition) is 3. The molecule has 0 aromatic carbocycles. The highest BCUT2D eigenvalue weighted by Gasteiger charge is 2.01. The number of nitrogens with one attached hydrogen (secondary N) is 2. The third-order valence-electron chi connectivity index (χ3n) is 2.78. The van der Waals surface area contributed by atoms with Crippen LogP contribution in [-0.4, -0.2) is 16.5 Å². The second-order valence-electron chi connectivity index (χ2n) is 4.25. The first-order valence-corrected chi connectivity index (χ1v) is 6.82. The van der Waals surface area contributed by atoms with Crippen LogP contribution in [0.3, 0.4) is 0 Å². The summed E-state index contributed by atoms with van der Waals surface area (Å²) in [6.07, 6.45) is 5.82. The number of nitrogens with zero attached hydrogens (tertiary/aromatic N) is 1. The van der Waals surface area contributed by atoms with Gasteiger partial charge < -0.3 is 10.3 Å². The predicted octanol–water partition coefficient (Wildman–Crippen LogP) is 2.81. The van der Waals surface area contributed by atoms with Gasteiger partial charge in [-0.1, -0.05) is 0 Å². The normalized spacial score (nSPS) is 10.9. The van der Waals surface area contributed by atoms with E-state index >= 15 is 0 Å². The molecule has 2 aromatic rings. The van der Waals surface area contributed by atoms with E-state index in [4.69, 9.17) is 0 Å². The second-order valence-corrected chi connectivity index (χ2v) is 5.72. The lowest BCUT2D eigenvalue weighted by Gasteiger charge is -2.03. The fourth-order valence-electron chi connectivity index (χ4n) is 1.90. The molecule has 0 aliphatic heterocycles. The van der Waals surface area contributed by atoms with Gasteiger partial charge in [-0.05, 0) is 38.4 Å². The van der Waals surface area contributed by atoms with Crippen LogP contribution in [0.15, 0.2) is 18.5 Å². The van der Waals surface area contributed by atoms with Gasteiger partial charge in [-0.2, -0.15) is 0 Å². The second kappa shape index (κ2) is 5.98. The summed E-state index contributed by atoms with van der Waals surface area (Å²) in [5.74, 6) is 1.08. The van der Waals surface area contributed by atoms with Crippen LogP contribution in [0.25, 0.3) is 0 Å². The highest BCUT2D eigenvalue weighted by Crippen LogP contribution is 2.20. The van der Waals surface area contributed by atoms with Gasteiger partial charge in [0.15, 0.2) is 0 Å². The van der Waals surface area contributed by atoms with E-state index in [9.17, 15) is 0 Å². The van der Waals surface area contributed by atoms with E-state index in [1.807, 2.05) is 17.5 Å². The molecule has 0 saturated heterocycles. The van der Waals surface area contributed by atoms with E-state index in [0.717, 1.165) is 31.8 Å². The Morgan fingerprint density at radius 1 is 1.41 bits per heavy atom. The van der Waals surface area contributed by atoms with E-state index in [2.05, 4.69) is 35.2 Å². The topological polar surface area (TPSA) is 40.7 Å². The largest absolute Gasteiger partial charge is 0.349 e. The number of aromatic nitrogens is 2. The summed E-state index contributed by atoms with van der Waals surface area (Å²) < 4.78 is 0. The zero-order valence-corrected chi connectivity index (χ0v) is 11.2. The van der Waals surface area contributed by atoms with Crippen molar-refractivity contribution in [1.29, 1.82) is 0 Å². The quantitative estimate of drug-likeness (QED) is 0.773. The van der Waals surface area contributed by atoms with Crippen molar-refractivity contribution < 1.29 is 0 Å². The fourth-order valence-corrected chi connectivity index (χ4v) is 2.84. The maximum atomic E-state index is 4.21.